The molecule has 2 aromatic heterocycles. The summed E-state index contributed by atoms with van der Waals surface area (Å²) >= 11 is 0. The maximum Gasteiger partial charge on any atom is 0.341 e. The van der Waals surface area contributed by atoms with Crippen molar-refractivity contribution in [3.63, 3.8) is 0 Å². The van der Waals surface area contributed by atoms with Crippen molar-refractivity contribution in [1.29, 1.82) is 0 Å². The zero-order chi connectivity index (χ0) is 19.8. The van der Waals surface area contributed by atoms with Crippen LogP contribution in [-0.2, 0) is 7.05 Å². The van der Waals surface area contributed by atoms with E-state index < -0.39 is 11.4 Å². The number of hydrogen-bond acceptors (Lipinski definition) is 5. The van der Waals surface area contributed by atoms with Crippen LogP contribution in [0.25, 0.3) is 10.9 Å². The number of anilines is 2. The van der Waals surface area contributed by atoms with Gasteiger partial charge in [0.15, 0.2) is 0 Å². The van der Waals surface area contributed by atoms with E-state index in [4.69, 9.17) is 5.73 Å². The summed E-state index contributed by atoms with van der Waals surface area (Å²) in [5.74, 6) is -0.914. The third kappa shape index (κ3) is 3.09. The summed E-state index contributed by atoms with van der Waals surface area (Å²) in [5, 5.41) is 9.58. The number of pyridine rings is 2. The lowest BCUT2D eigenvalue weighted by Gasteiger charge is -2.35. The average molecular weight is 378 g/mol. The van der Waals surface area contributed by atoms with Crippen LogP contribution < -0.4 is 16.1 Å². The molecule has 28 heavy (non-hydrogen) atoms. The van der Waals surface area contributed by atoms with Crippen molar-refractivity contribution in [2.45, 2.75) is 18.8 Å². The molecule has 1 unspecified atom stereocenters. The van der Waals surface area contributed by atoms with Gasteiger partial charge in [-0.25, -0.2) is 4.79 Å². The van der Waals surface area contributed by atoms with Crippen LogP contribution in [0.1, 0.15) is 34.8 Å². The normalized spacial score (nSPS) is 17.0. The Labute approximate surface area is 162 Å². The van der Waals surface area contributed by atoms with Crippen molar-refractivity contribution >= 4 is 28.2 Å². The molecule has 4 rings (SSSR count). The molecule has 7 nitrogen and oxygen atoms in total. The number of aromatic carboxylic acids is 1. The Morgan fingerprint density at radius 3 is 2.86 bits per heavy atom. The molecule has 0 saturated carbocycles. The summed E-state index contributed by atoms with van der Waals surface area (Å²) in [4.78, 5) is 30.6. The van der Waals surface area contributed by atoms with Gasteiger partial charge in [-0.2, -0.15) is 0 Å². The number of aromatic nitrogens is 2. The lowest BCUT2D eigenvalue weighted by molar-refractivity contribution is 0.0695. The fraction of sp³-hybridized carbons (Fsp3) is 0.286. The van der Waals surface area contributed by atoms with Gasteiger partial charge in [-0.1, -0.05) is 6.07 Å². The quantitative estimate of drug-likeness (QED) is 0.680. The number of carboxylic acid groups (broad SMARTS) is 1. The van der Waals surface area contributed by atoms with E-state index in [0.29, 0.717) is 22.5 Å². The number of nitrogens with two attached hydrogens (primary N) is 1. The summed E-state index contributed by atoms with van der Waals surface area (Å²) in [5.41, 5.74) is 8.62. The van der Waals surface area contributed by atoms with Crippen LogP contribution in [0, 0.1) is 0 Å². The van der Waals surface area contributed by atoms with Crippen LogP contribution in [-0.4, -0.2) is 33.7 Å². The summed E-state index contributed by atoms with van der Waals surface area (Å²) < 4.78 is 1.67. The number of benzene rings is 1. The zero-order valence-corrected chi connectivity index (χ0v) is 15.6. The minimum Gasteiger partial charge on any atom is -0.477 e. The molecule has 3 aromatic rings. The molecule has 1 aliphatic rings. The molecule has 1 aliphatic heterocycles. The Hall–Kier alpha value is -3.35. The SMILES string of the molecule is Cn1cc(C(=O)O)c(=O)c2cc(N)c(N3CCCC(c4ccccn4)C3)cc21. The van der Waals surface area contributed by atoms with E-state index in [9.17, 15) is 14.7 Å². The van der Waals surface area contributed by atoms with Gasteiger partial charge in [-0.15, -0.1) is 0 Å². The van der Waals surface area contributed by atoms with Crippen LogP contribution in [0.4, 0.5) is 11.4 Å². The first-order valence-electron chi connectivity index (χ1n) is 9.27. The molecular formula is C21H22N4O3. The van der Waals surface area contributed by atoms with E-state index in [1.165, 1.54) is 6.20 Å². The number of nitrogens with zero attached hydrogens (tertiary/aromatic N) is 3. The van der Waals surface area contributed by atoms with E-state index in [0.717, 1.165) is 37.3 Å². The molecule has 144 valence electrons. The van der Waals surface area contributed by atoms with Crippen LogP contribution in [0.15, 0.2) is 47.5 Å². The van der Waals surface area contributed by atoms with Crippen LogP contribution in [0.5, 0.6) is 0 Å². The summed E-state index contributed by atoms with van der Waals surface area (Å²) in [7, 11) is 1.74. The summed E-state index contributed by atoms with van der Waals surface area (Å²) in [6.07, 6.45) is 5.27. The van der Waals surface area contributed by atoms with Crippen molar-refractivity contribution < 1.29 is 9.90 Å². The Morgan fingerprint density at radius 1 is 1.32 bits per heavy atom. The van der Waals surface area contributed by atoms with Crippen LogP contribution in [0.2, 0.25) is 0 Å². The van der Waals surface area contributed by atoms with Gasteiger partial charge in [0.05, 0.1) is 16.9 Å². The second-order valence-electron chi connectivity index (χ2n) is 7.26. The van der Waals surface area contributed by atoms with Gasteiger partial charge >= 0.3 is 5.97 Å². The smallest absolute Gasteiger partial charge is 0.341 e. The molecule has 0 radical (unpaired) electrons. The maximum absolute atomic E-state index is 12.5. The van der Waals surface area contributed by atoms with Gasteiger partial charge in [0, 0.05) is 49.5 Å². The number of nitrogen functional groups attached to an aromatic ring is 1. The maximum atomic E-state index is 12.5. The Kier molecular flexibility index (Phi) is 4.50. The molecule has 0 spiro atoms. The van der Waals surface area contributed by atoms with Crippen LogP contribution >= 0.6 is 0 Å². The topological polar surface area (TPSA) is 101 Å². The molecule has 0 bridgehead atoms. The van der Waals surface area contributed by atoms with E-state index in [-0.39, 0.29) is 5.56 Å². The van der Waals surface area contributed by atoms with Gasteiger partial charge in [0.1, 0.15) is 5.56 Å². The number of piperidine rings is 1. The van der Waals surface area contributed by atoms with E-state index in [1.807, 2.05) is 24.4 Å². The molecular weight excluding hydrogens is 356 g/mol. The number of aryl methyl sites for hydroxylation is 1. The molecule has 0 amide bonds. The monoisotopic (exact) mass is 378 g/mol. The van der Waals surface area contributed by atoms with Gasteiger partial charge in [-0.05, 0) is 37.1 Å². The third-order valence-corrected chi connectivity index (χ3v) is 5.44. The highest BCUT2D eigenvalue weighted by Gasteiger charge is 2.24. The minimum atomic E-state index is -1.24. The molecule has 1 aromatic carbocycles. The first-order chi connectivity index (χ1) is 13.5. The fourth-order valence-corrected chi connectivity index (χ4v) is 4.02. The highest BCUT2D eigenvalue weighted by Crippen LogP contribution is 2.34. The predicted molar refractivity (Wildman–Crippen MR) is 109 cm³/mol. The first kappa shape index (κ1) is 18.0. The van der Waals surface area contributed by atoms with Crippen molar-refractivity contribution in [2.24, 2.45) is 7.05 Å². The molecule has 0 aliphatic carbocycles. The third-order valence-electron chi connectivity index (χ3n) is 5.44. The minimum absolute atomic E-state index is 0.254. The van der Waals surface area contributed by atoms with Crippen molar-refractivity contribution in [1.82, 2.24) is 9.55 Å². The zero-order valence-electron chi connectivity index (χ0n) is 15.6. The van der Waals surface area contributed by atoms with Gasteiger partial charge in [0.25, 0.3) is 0 Å². The second-order valence-corrected chi connectivity index (χ2v) is 7.26. The molecule has 7 heteroatoms. The fourth-order valence-electron chi connectivity index (χ4n) is 4.02. The Balaban J connectivity index is 1.76. The molecule has 3 N–H and O–H groups in total. The summed E-state index contributed by atoms with van der Waals surface area (Å²) in [6.45, 7) is 1.67. The second kappa shape index (κ2) is 6.99. The Bertz CT molecular complexity index is 1110. The highest BCUT2D eigenvalue weighted by atomic mass is 16.4. The molecule has 1 saturated heterocycles. The predicted octanol–water partition coefficient (Wildman–Crippen LogP) is 2.60. The molecule has 1 atom stereocenters. The number of fused-ring (bicyclic) bond motifs is 1. The Morgan fingerprint density at radius 2 is 2.14 bits per heavy atom. The largest absolute Gasteiger partial charge is 0.477 e. The standard InChI is InChI=1S/C21H22N4O3/c1-24-12-15(21(27)28)20(26)14-9-16(22)19(10-18(14)24)25-8-4-5-13(11-25)17-6-2-3-7-23-17/h2-3,6-7,9-10,12-13H,4-5,8,11,22H2,1H3,(H,27,28). The number of carboxylic acids is 1. The molecule has 1 fully saturated rings. The average Bonchev–Trinajstić information content (AvgIpc) is 2.71. The van der Waals surface area contributed by atoms with Gasteiger partial charge in [0.2, 0.25) is 5.43 Å². The molecule has 3 heterocycles. The number of carbonyl (C=O) groups is 1. The lowest BCUT2D eigenvalue weighted by atomic mass is 9.93. The lowest BCUT2D eigenvalue weighted by Crippen LogP contribution is -2.35. The van der Waals surface area contributed by atoms with Crippen LogP contribution in [0.3, 0.4) is 0 Å². The summed E-state index contributed by atoms with van der Waals surface area (Å²) in [6, 6.07) is 9.45. The van der Waals surface area contributed by atoms with E-state index >= 15 is 0 Å². The van der Waals surface area contributed by atoms with Gasteiger partial charge in [-0.3, -0.25) is 9.78 Å². The van der Waals surface area contributed by atoms with E-state index in [2.05, 4.69) is 16.0 Å². The number of hydrogen-bond donors (Lipinski definition) is 2. The van der Waals surface area contributed by atoms with Crippen molar-refractivity contribution in [3.8, 4) is 0 Å². The van der Waals surface area contributed by atoms with Crippen molar-refractivity contribution in [3.05, 3.63) is 64.2 Å². The van der Waals surface area contributed by atoms with Gasteiger partial charge < -0.3 is 20.3 Å². The first-order valence-corrected chi connectivity index (χ1v) is 9.27. The van der Waals surface area contributed by atoms with Crippen molar-refractivity contribution in [2.75, 3.05) is 23.7 Å². The number of rotatable bonds is 3. The highest BCUT2D eigenvalue weighted by molar-refractivity contribution is 5.95. The van der Waals surface area contributed by atoms with E-state index in [1.54, 1.807) is 17.7 Å².